The average Bonchev–Trinajstić information content (AvgIpc) is 2.87. The van der Waals surface area contributed by atoms with Crippen LogP contribution in [0.4, 0.5) is 30.7 Å². The van der Waals surface area contributed by atoms with Crippen LogP contribution in [0.2, 0.25) is 0 Å². The Kier molecular flexibility index (Phi) is 8.76. The molecule has 0 aliphatic heterocycles. The van der Waals surface area contributed by atoms with E-state index in [0.29, 0.717) is 30.9 Å². The number of halogens is 7. The van der Waals surface area contributed by atoms with Crippen molar-refractivity contribution in [2.75, 3.05) is 0 Å². The first-order valence-corrected chi connectivity index (χ1v) is 13.0. The van der Waals surface area contributed by atoms with Crippen molar-refractivity contribution in [3.05, 3.63) is 76.9 Å². The number of aryl methyl sites for hydroxylation is 1. The Morgan fingerprint density at radius 3 is 2.10 bits per heavy atom. The van der Waals surface area contributed by atoms with E-state index in [0.717, 1.165) is 32.1 Å². The van der Waals surface area contributed by atoms with Crippen LogP contribution in [0.3, 0.4) is 0 Å². The van der Waals surface area contributed by atoms with Gasteiger partial charge < -0.3 is 9.47 Å². The summed E-state index contributed by atoms with van der Waals surface area (Å²) < 4.78 is 107. The smallest absolute Gasteiger partial charge is 0.453 e. The average molecular weight is 555 g/mol. The molecule has 1 aliphatic rings. The number of unbranched alkanes of at least 4 members (excludes halogenated alkanes) is 1. The summed E-state index contributed by atoms with van der Waals surface area (Å²) in [6, 6.07) is 8.46. The first-order chi connectivity index (χ1) is 18.5. The molecule has 1 saturated carbocycles. The third-order valence-corrected chi connectivity index (χ3v) is 7.24. The second-order valence-corrected chi connectivity index (χ2v) is 10.0. The van der Waals surface area contributed by atoms with Gasteiger partial charge in [-0.25, -0.2) is 17.6 Å². The molecule has 0 unspecified atom stereocenters. The van der Waals surface area contributed by atoms with Crippen LogP contribution in [0.1, 0.15) is 68.9 Å². The van der Waals surface area contributed by atoms with Gasteiger partial charge in [-0.15, -0.1) is 13.2 Å². The third kappa shape index (κ3) is 6.68. The number of para-hydroxylation sites is 1. The van der Waals surface area contributed by atoms with Gasteiger partial charge in [0.25, 0.3) is 0 Å². The van der Waals surface area contributed by atoms with Crippen LogP contribution in [-0.4, -0.2) is 6.36 Å². The van der Waals surface area contributed by atoms with Crippen molar-refractivity contribution < 1.29 is 40.2 Å². The molecule has 0 amide bonds. The highest BCUT2D eigenvalue weighted by molar-refractivity contribution is 5.72. The summed E-state index contributed by atoms with van der Waals surface area (Å²) in [4.78, 5) is 0. The van der Waals surface area contributed by atoms with Gasteiger partial charge in [0.15, 0.2) is 23.2 Å². The lowest BCUT2D eigenvalue weighted by atomic mass is 9.76. The summed E-state index contributed by atoms with van der Waals surface area (Å²) in [5.74, 6) is -6.18. The molecule has 0 N–H and O–H groups in total. The predicted molar refractivity (Wildman–Crippen MR) is 134 cm³/mol. The summed E-state index contributed by atoms with van der Waals surface area (Å²) >= 11 is 0. The van der Waals surface area contributed by atoms with Crippen LogP contribution in [0, 0.1) is 36.1 Å². The van der Waals surface area contributed by atoms with E-state index in [2.05, 4.69) is 11.7 Å². The summed E-state index contributed by atoms with van der Waals surface area (Å²) in [7, 11) is 0. The molecule has 0 aromatic heterocycles. The topological polar surface area (TPSA) is 18.5 Å². The maximum Gasteiger partial charge on any atom is 0.573 e. The fourth-order valence-corrected chi connectivity index (χ4v) is 5.30. The van der Waals surface area contributed by atoms with Gasteiger partial charge in [-0.1, -0.05) is 44.4 Å². The van der Waals surface area contributed by atoms with Crippen LogP contribution in [0.15, 0.2) is 42.5 Å². The maximum absolute atomic E-state index is 15.8. The Hall–Kier alpha value is -3.23. The Balaban J connectivity index is 1.65. The fourth-order valence-electron chi connectivity index (χ4n) is 5.30. The van der Waals surface area contributed by atoms with Crippen LogP contribution >= 0.6 is 0 Å². The van der Waals surface area contributed by atoms with Gasteiger partial charge in [0.2, 0.25) is 5.75 Å². The minimum Gasteiger partial charge on any atom is -0.453 e. The van der Waals surface area contributed by atoms with Crippen molar-refractivity contribution >= 4 is 0 Å². The summed E-state index contributed by atoms with van der Waals surface area (Å²) in [6.45, 7) is 3.62. The molecule has 0 radical (unpaired) electrons. The van der Waals surface area contributed by atoms with E-state index in [1.807, 2.05) is 0 Å². The molecule has 9 heteroatoms. The number of hydrogen-bond donors (Lipinski definition) is 0. The fraction of sp³-hybridized carbons (Fsp3) is 0.400. The van der Waals surface area contributed by atoms with Gasteiger partial charge >= 0.3 is 6.36 Å². The number of rotatable bonds is 8. The molecule has 0 saturated heterocycles. The molecule has 0 atom stereocenters. The molecule has 3 aromatic carbocycles. The molecule has 0 bridgehead atoms. The molecule has 3 aromatic rings. The molecule has 0 spiro atoms. The SMILES string of the molecule is CCCC[C@H]1CC[C@H](c2c(F)cc(C)c(Oc3ccccc3-c3cc(F)c(OC(F)(F)F)c(F)c3)c2F)CC1. The predicted octanol–water partition coefficient (Wildman–Crippen LogP) is 10.4. The Labute approximate surface area is 222 Å². The Bertz CT molecular complexity index is 1290. The van der Waals surface area contributed by atoms with Gasteiger partial charge in [-0.05, 0) is 79.8 Å². The number of benzene rings is 3. The standard InChI is InChI=1S/C30H29F7O2/c1-3-4-7-18-10-12-19(13-11-18)26-22(31)14-17(2)28(27(26)34)38-25-9-6-5-8-21(25)20-15-23(32)29(24(33)16-20)39-30(35,36)37/h5-6,8-9,14-16,18-19H,3-4,7,10-13H2,1-2H3/t18-,19-. The van der Waals surface area contributed by atoms with E-state index in [4.69, 9.17) is 4.74 Å². The van der Waals surface area contributed by atoms with Gasteiger partial charge in [0, 0.05) is 11.1 Å². The lowest BCUT2D eigenvalue weighted by Crippen LogP contribution is -2.19. The summed E-state index contributed by atoms with van der Waals surface area (Å²) in [5.41, 5.74) is 0.0927. The van der Waals surface area contributed by atoms with Crippen LogP contribution < -0.4 is 9.47 Å². The van der Waals surface area contributed by atoms with Crippen molar-refractivity contribution in [3.8, 4) is 28.4 Å². The zero-order valence-corrected chi connectivity index (χ0v) is 21.6. The highest BCUT2D eigenvalue weighted by atomic mass is 19.4. The Morgan fingerprint density at radius 2 is 1.49 bits per heavy atom. The zero-order chi connectivity index (χ0) is 28.3. The largest absolute Gasteiger partial charge is 0.573 e. The van der Waals surface area contributed by atoms with Crippen LogP contribution in [-0.2, 0) is 0 Å². The van der Waals surface area contributed by atoms with Gasteiger partial charge in [-0.2, -0.15) is 0 Å². The zero-order valence-electron chi connectivity index (χ0n) is 21.6. The second kappa shape index (κ2) is 11.9. The van der Waals surface area contributed by atoms with Gasteiger partial charge in [-0.3, -0.25) is 0 Å². The number of hydrogen-bond acceptors (Lipinski definition) is 2. The van der Waals surface area contributed by atoms with E-state index >= 15 is 8.78 Å². The van der Waals surface area contributed by atoms with E-state index in [9.17, 15) is 22.0 Å². The number of ether oxygens (including phenoxy) is 2. The van der Waals surface area contributed by atoms with Gasteiger partial charge in [0.05, 0.1) is 0 Å². The summed E-state index contributed by atoms with van der Waals surface area (Å²) in [5, 5.41) is 0. The normalized spacial score (nSPS) is 17.8. The minimum atomic E-state index is -5.28. The van der Waals surface area contributed by atoms with Crippen molar-refractivity contribution in [1.82, 2.24) is 0 Å². The number of alkyl halides is 3. The first kappa shape index (κ1) is 28.8. The molecule has 1 fully saturated rings. The van der Waals surface area contributed by atoms with Crippen molar-refractivity contribution in [3.63, 3.8) is 0 Å². The highest BCUT2D eigenvalue weighted by Crippen LogP contribution is 2.44. The van der Waals surface area contributed by atoms with Gasteiger partial charge in [0.1, 0.15) is 11.6 Å². The molecule has 4 rings (SSSR count). The van der Waals surface area contributed by atoms with Crippen molar-refractivity contribution in [2.45, 2.75) is 71.1 Å². The van der Waals surface area contributed by atoms with E-state index < -0.39 is 35.4 Å². The van der Waals surface area contributed by atoms with E-state index in [-0.39, 0.29) is 39.7 Å². The molecule has 39 heavy (non-hydrogen) atoms. The van der Waals surface area contributed by atoms with E-state index in [1.165, 1.54) is 31.2 Å². The Morgan fingerprint density at radius 1 is 0.846 bits per heavy atom. The van der Waals surface area contributed by atoms with Crippen molar-refractivity contribution in [1.29, 1.82) is 0 Å². The molecule has 210 valence electrons. The lowest BCUT2D eigenvalue weighted by Gasteiger charge is -2.29. The minimum absolute atomic E-state index is 0.0105. The monoisotopic (exact) mass is 554 g/mol. The highest BCUT2D eigenvalue weighted by Gasteiger charge is 2.34. The second-order valence-electron chi connectivity index (χ2n) is 10.0. The molecule has 0 heterocycles. The maximum atomic E-state index is 15.8. The van der Waals surface area contributed by atoms with Crippen LogP contribution in [0.25, 0.3) is 11.1 Å². The molecule has 1 aliphatic carbocycles. The van der Waals surface area contributed by atoms with E-state index in [1.54, 1.807) is 6.07 Å². The first-order valence-electron chi connectivity index (χ1n) is 13.0. The third-order valence-electron chi connectivity index (χ3n) is 7.24. The van der Waals surface area contributed by atoms with Crippen LogP contribution in [0.5, 0.6) is 17.2 Å². The van der Waals surface area contributed by atoms with Crippen molar-refractivity contribution in [2.24, 2.45) is 5.92 Å². The molecule has 2 nitrogen and oxygen atoms in total. The quantitative estimate of drug-likeness (QED) is 0.258. The summed E-state index contributed by atoms with van der Waals surface area (Å²) in [6.07, 6.45) is 1.16. The lowest BCUT2D eigenvalue weighted by molar-refractivity contribution is -0.276. The molecular formula is C30H29F7O2. The molecular weight excluding hydrogens is 525 g/mol.